The Labute approximate surface area is 344 Å². The third-order valence-corrected chi connectivity index (χ3v) is 10.5. The van der Waals surface area contributed by atoms with Crippen molar-refractivity contribution in [1.82, 2.24) is 5.32 Å². The quantitative estimate of drug-likeness (QED) is 0.0802. The lowest BCUT2D eigenvalue weighted by Crippen LogP contribution is -2.27. The summed E-state index contributed by atoms with van der Waals surface area (Å²) in [7, 11) is 0. The number of carboxylic acids is 1. The lowest BCUT2D eigenvalue weighted by Gasteiger charge is -2.28. The topological polar surface area (TPSA) is 90.8 Å². The average Bonchev–Trinajstić information content (AvgIpc) is 3.60. The minimum Gasteiger partial charge on any atom is -0.481 e. The van der Waals surface area contributed by atoms with Gasteiger partial charge in [-0.15, -0.1) is 0 Å². The number of amides is 1. The van der Waals surface area contributed by atoms with E-state index in [0.29, 0.717) is 5.17 Å². The van der Waals surface area contributed by atoms with Crippen LogP contribution >= 0.6 is 11.8 Å². The number of anilines is 1. The maximum Gasteiger partial charge on any atom is 0.313 e. The van der Waals surface area contributed by atoms with Gasteiger partial charge in [0.15, 0.2) is 5.17 Å². The van der Waals surface area contributed by atoms with Gasteiger partial charge in [-0.25, -0.2) is 4.99 Å². The first kappa shape index (κ1) is 39.3. The van der Waals surface area contributed by atoms with Gasteiger partial charge in [-0.3, -0.25) is 14.9 Å². The molecule has 0 saturated heterocycles. The highest BCUT2D eigenvalue weighted by atomic mass is 32.2. The number of rotatable bonds is 13. The van der Waals surface area contributed by atoms with Gasteiger partial charge in [-0.05, 0) is 93.8 Å². The van der Waals surface area contributed by atoms with Crippen molar-refractivity contribution in [2.75, 3.05) is 11.1 Å². The Morgan fingerprint density at radius 2 is 1.09 bits per heavy atom. The van der Waals surface area contributed by atoms with E-state index in [1.54, 1.807) is 6.08 Å². The molecule has 58 heavy (non-hydrogen) atoms. The molecule has 0 bridgehead atoms. The highest BCUT2D eigenvalue weighted by molar-refractivity contribution is 8.14. The Morgan fingerprint density at radius 1 is 0.638 bits per heavy atom. The van der Waals surface area contributed by atoms with E-state index in [2.05, 4.69) is 187 Å². The zero-order valence-electron chi connectivity index (χ0n) is 32.3. The van der Waals surface area contributed by atoms with Gasteiger partial charge in [0.1, 0.15) is 5.70 Å². The SMILES string of the molecule is CC(C)(Nc1ccc(/C=C/c2ccc(/C=C/c3ccc(/C=C4\N=C(SCC(=O)O)NC4=O)cc3)cc2)cc1)c1ccc(C=C(c2ccccc2)c2ccccc2)cc1. The van der Waals surface area contributed by atoms with Gasteiger partial charge in [-0.2, -0.15) is 0 Å². The third kappa shape index (κ3) is 10.7. The zero-order valence-corrected chi connectivity index (χ0v) is 33.1. The Balaban J connectivity index is 0.925. The Morgan fingerprint density at radius 3 is 1.57 bits per heavy atom. The predicted octanol–water partition coefficient (Wildman–Crippen LogP) is 11.6. The van der Waals surface area contributed by atoms with Crippen LogP contribution in [0.4, 0.5) is 5.69 Å². The molecule has 0 saturated carbocycles. The molecule has 0 unspecified atom stereocenters. The van der Waals surface area contributed by atoms with Crippen LogP contribution in [-0.2, 0) is 15.1 Å². The standard InChI is InChI=1S/C51H43N3O3S/c1-51(2,44-29-25-40(26-30-44)33-46(42-9-5-3-6-10-42)43-11-7-4-8-12-43)54-45-31-27-39(28-32-45)20-19-37-15-13-36(14-16-37)17-18-38-21-23-41(24-22-38)34-47-49(57)53-50(52-47)58-35-48(55)56/h3-34,54H,35H2,1-2H3,(H,55,56)(H,52,53,57)/b18-17+,20-19+,47-34-. The molecule has 6 aromatic carbocycles. The molecule has 6 nitrogen and oxygen atoms in total. The van der Waals surface area contributed by atoms with Gasteiger partial charge in [0.2, 0.25) is 0 Å². The van der Waals surface area contributed by atoms with Crippen molar-refractivity contribution in [2.45, 2.75) is 19.4 Å². The number of amidine groups is 1. The maximum absolute atomic E-state index is 12.2. The van der Waals surface area contributed by atoms with E-state index in [0.717, 1.165) is 50.8 Å². The smallest absolute Gasteiger partial charge is 0.313 e. The molecule has 0 atom stereocenters. The summed E-state index contributed by atoms with van der Waals surface area (Å²) >= 11 is 0.982. The van der Waals surface area contributed by atoms with Crippen LogP contribution in [-0.4, -0.2) is 27.9 Å². The van der Waals surface area contributed by atoms with Crippen LogP contribution in [0.15, 0.2) is 168 Å². The lowest BCUT2D eigenvalue weighted by molar-refractivity contribution is -0.133. The maximum atomic E-state index is 12.2. The second kappa shape index (κ2) is 18.3. The van der Waals surface area contributed by atoms with E-state index in [-0.39, 0.29) is 22.9 Å². The minimum absolute atomic E-state index is 0.164. The van der Waals surface area contributed by atoms with E-state index >= 15 is 0 Å². The minimum atomic E-state index is -0.966. The number of thioether (sulfide) groups is 1. The van der Waals surface area contributed by atoms with Gasteiger partial charge in [0.25, 0.3) is 5.91 Å². The molecule has 7 rings (SSSR count). The first-order chi connectivity index (χ1) is 28.2. The van der Waals surface area contributed by atoms with E-state index in [9.17, 15) is 9.59 Å². The Hall–Kier alpha value is -6.96. The van der Waals surface area contributed by atoms with E-state index < -0.39 is 5.97 Å². The second-order valence-electron chi connectivity index (χ2n) is 14.4. The molecule has 0 spiro atoms. The van der Waals surface area contributed by atoms with Crippen LogP contribution in [0.3, 0.4) is 0 Å². The fourth-order valence-corrected chi connectivity index (χ4v) is 7.04. The molecule has 0 aliphatic carbocycles. The van der Waals surface area contributed by atoms with Crippen LogP contribution in [0.1, 0.15) is 63.9 Å². The van der Waals surface area contributed by atoms with Crippen LogP contribution in [0.25, 0.3) is 42.0 Å². The van der Waals surface area contributed by atoms with Gasteiger partial charge >= 0.3 is 5.97 Å². The van der Waals surface area contributed by atoms with E-state index in [1.165, 1.54) is 22.3 Å². The summed E-state index contributed by atoms with van der Waals surface area (Å²) in [4.78, 5) is 27.2. The van der Waals surface area contributed by atoms with Gasteiger partial charge < -0.3 is 10.4 Å². The number of hydrogen-bond acceptors (Lipinski definition) is 5. The molecule has 3 N–H and O–H groups in total. The molecule has 1 heterocycles. The number of carboxylic acid groups (broad SMARTS) is 1. The number of benzene rings is 6. The third-order valence-electron chi connectivity index (χ3n) is 9.60. The number of nitrogens with one attached hydrogen (secondary N) is 2. The van der Waals surface area contributed by atoms with E-state index in [4.69, 9.17) is 5.11 Å². The van der Waals surface area contributed by atoms with Crippen LogP contribution in [0.5, 0.6) is 0 Å². The molecule has 6 aromatic rings. The summed E-state index contributed by atoms with van der Waals surface area (Å²) < 4.78 is 0. The number of carbonyl (C=O) groups excluding carboxylic acids is 1. The number of aliphatic imine (C=N–C) groups is 1. The zero-order chi connectivity index (χ0) is 40.3. The van der Waals surface area contributed by atoms with E-state index in [1.807, 2.05) is 30.3 Å². The molecule has 286 valence electrons. The summed E-state index contributed by atoms with van der Waals surface area (Å²) in [5.74, 6) is -1.47. The van der Waals surface area contributed by atoms with Crippen molar-refractivity contribution < 1.29 is 14.7 Å². The summed E-state index contributed by atoms with van der Waals surface area (Å²) in [6, 6.07) is 54.6. The van der Waals surface area contributed by atoms with Crippen molar-refractivity contribution in [3.8, 4) is 0 Å². The van der Waals surface area contributed by atoms with Crippen molar-refractivity contribution >= 4 is 76.5 Å². The lowest BCUT2D eigenvalue weighted by atomic mass is 9.91. The van der Waals surface area contributed by atoms with Crippen molar-refractivity contribution in [3.05, 3.63) is 213 Å². The number of aliphatic carboxylic acids is 1. The molecule has 0 aromatic heterocycles. The van der Waals surface area contributed by atoms with Gasteiger partial charge in [0, 0.05) is 5.69 Å². The summed E-state index contributed by atoms with van der Waals surface area (Å²) in [6.07, 6.45) is 12.3. The van der Waals surface area contributed by atoms with Crippen molar-refractivity contribution in [2.24, 2.45) is 4.99 Å². The molecule has 7 heteroatoms. The van der Waals surface area contributed by atoms with Crippen LogP contribution < -0.4 is 10.6 Å². The van der Waals surface area contributed by atoms with Gasteiger partial charge in [0.05, 0.1) is 11.3 Å². The predicted molar refractivity (Wildman–Crippen MR) is 244 cm³/mol. The Bertz CT molecular complexity index is 2480. The molecule has 1 amide bonds. The van der Waals surface area contributed by atoms with Gasteiger partial charge in [-0.1, -0.05) is 182 Å². The molecule has 1 aliphatic heterocycles. The second-order valence-corrected chi connectivity index (χ2v) is 15.3. The van der Waals surface area contributed by atoms with Crippen molar-refractivity contribution in [3.63, 3.8) is 0 Å². The normalized spacial score (nSPS) is 13.4. The molecule has 1 aliphatic rings. The Kier molecular flexibility index (Phi) is 12.4. The summed E-state index contributed by atoms with van der Waals surface area (Å²) in [5, 5.41) is 15.5. The largest absolute Gasteiger partial charge is 0.481 e. The average molecular weight is 778 g/mol. The molecule has 0 fully saturated rings. The molecule has 0 radical (unpaired) electrons. The fourth-order valence-electron chi connectivity index (χ4n) is 6.45. The number of carbonyl (C=O) groups is 2. The highest BCUT2D eigenvalue weighted by Gasteiger charge is 2.21. The fraction of sp³-hybridized carbons (Fsp3) is 0.0784. The molecular weight excluding hydrogens is 735 g/mol. The monoisotopic (exact) mass is 777 g/mol. The number of nitrogens with zero attached hydrogens (tertiary/aromatic N) is 1. The van der Waals surface area contributed by atoms with Crippen molar-refractivity contribution in [1.29, 1.82) is 0 Å². The number of hydrogen-bond donors (Lipinski definition) is 3. The highest BCUT2D eigenvalue weighted by Crippen LogP contribution is 2.30. The summed E-state index contributed by atoms with van der Waals surface area (Å²) in [6.45, 7) is 4.41. The first-order valence-corrected chi connectivity index (χ1v) is 20.0. The molecular formula is C51H43N3O3S. The van der Waals surface area contributed by atoms with Crippen LogP contribution in [0.2, 0.25) is 0 Å². The first-order valence-electron chi connectivity index (χ1n) is 19.0. The summed E-state index contributed by atoms with van der Waals surface area (Å²) in [5.41, 5.74) is 12.1. The van der Waals surface area contributed by atoms with Crippen LogP contribution in [0, 0.1) is 0 Å².